The maximum atomic E-state index is 12.9. The Kier molecular flexibility index (Phi) is 7.43. The lowest BCUT2D eigenvalue weighted by Gasteiger charge is -2.37. The number of tetrazole rings is 1. The fourth-order valence-corrected chi connectivity index (χ4v) is 5.18. The summed E-state index contributed by atoms with van der Waals surface area (Å²) in [5.41, 5.74) is 1.44. The minimum atomic E-state index is -3.57. The molecule has 0 saturated carbocycles. The number of piperazine rings is 1. The maximum Gasteiger partial charge on any atom is 0.250 e. The quantitative estimate of drug-likeness (QED) is 0.479. The molecule has 2 aromatic carbocycles. The van der Waals surface area contributed by atoms with Gasteiger partial charge in [-0.15, -0.1) is 0 Å². The van der Waals surface area contributed by atoms with E-state index >= 15 is 0 Å². The van der Waals surface area contributed by atoms with Gasteiger partial charge in [-0.25, -0.2) is 13.1 Å². The van der Waals surface area contributed by atoms with Gasteiger partial charge in [-0.2, -0.15) is 4.68 Å². The van der Waals surface area contributed by atoms with Crippen molar-refractivity contribution in [2.45, 2.75) is 37.8 Å². The summed E-state index contributed by atoms with van der Waals surface area (Å²) in [6.45, 7) is 8.10. The third-order valence-electron chi connectivity index (χ3n) is 5.80. The zero-order valence-corrected chi connectivity index (χ0v) is 20.8. The van der Waals surface area contributed by atoms with Gasteiger partial charge in [0.15, 0.2) is 0 Å². The number of para-hydroxylation sites is 1. The molecule has 35 heavy (non-hydrogen) atoms. The number of carbonyl (C=O) groups is 1. The first-order valence-electron chi connectivity index (χ1n) is 11.5. The van der Waals surface area contributed by atoms with Crippen molar-refractivity contribution in [1.29, 1.82) is 0 Å². The van der Waals surface area contributed by atoms with Gasteiger partial charge in [-0.3, -0.25) is 9.69 Å². The van der Waals surface area contributed by atoms with Crippen molar-refractivity contribution in [3.05, 3.63) is 54.6 Å². The number of benzene rings is 2. The molecule has 1 aliphatic rings. The Hall–Kier alpha value is -3.35. The Labute approximate surface area is 205 Å². The molecule has 4 rings (SSSR count). The Bertz CT molecular complexity index is 1240. The molecular weight excluding hydrogens is 468 g/mol. The van der Waals surface area contributed by atoms with E-state index in [4.69, 9.17) is 0 Å². The number of nitrogens with zero attached hydrogens (tertiary/aromatic N) is 6. The lowest BCUT2D eigenvalue weighted by Crippen LogP contribution is -2.53. The van der Waals surface area contributed by atoms with Gasteiger partial charge in [0.05, 0.1) is 16.6 Å². The van der Waals surface area contributed by atoms with E-state index in [0.29, 0.717) is 37.8 Å². The smallest absolute Gasteiger partial charge is 0.250 e. The fourth-order valence-electron chi connectivity index (χ4n) is 3.93. The molecule has 1 amide bonds. The molecule has 1 fully saturated rings. The SMILES string of the molecule is CC(C)NS(=O)(=O)c1ccc(NC(=O)C(C)N2CCN(c3nnnn3-c3ccccc3)CC2)cc1. The van der Waals surface area contributed by atoms with E-state index in [0.717, 1.165) is 5.69 Å². The van der Waals surface area contributed by atoms with E-state index in [2.05, 4.69) is 35.4 Å². The minimum Gasteiger partial charge on any atom is -0.337 e. The summed E-state index contributed by atoms with van der Waals surface area (Å²) in [4.78, 5) is 17.2. The molecule has 1 saturated heterocycles. The van der Waals surface area contributed by atoms with Crippen LogP contribution in [0.5, 0.6) is 0 Å². The van der Waals surface area contributed by atoms with Crippen LogP contribution in [0.1, 0.15) is 20.8 Å². The number of nitrogens with one attached hydrogen (secondary N) is 2. The first-order valence-corrected chi connectivity index (χ1v) is 13.0. The molecule has 0 bridgehead atoms. The summed E-state index contributed by atoms with van der Waals surface area (Å²) in [6, 6.07) is 15.3. The standard InChI is InChI=1S/C23H30N8O3S/c1-17(2)26-35(33,34)21-11-9-19(10-12-21)24-22(32)18(3)29-13-15-30(16-14-29)23-25-27-28-31(23)20-7-5-4-6-8-20/h4-12,17-18,26H,13-16H2,1-3H3,(H,24,32). The molecule has 1 unspecified atom stereocenters. The molecule has 0 spiro atoms. The lowest BCUT2D eigenvalue weighted by atomic mass is 10.2. The van der Waals surface area contributed by atoms with E-state index in [1.807, 2.05) is 37.3 Å². The van der Waals surface area contributed by atoms with Gasteiger partial charge in [0.2, 0.25) is 21.9 Å². The zero-order valence-electron chi connectivity index (χ0n) is 20.0. The number of hydrogen-bond acceptors (Lipinski definition) is 8. The highest BCUT2D eigenvalue weighted by atomic mass is 32.2. The highest BCUT2D eigenvalue weighted by Gasteiger charge is 2.28. The third kappa shape index (κ3) is 5.84. The van der Waals surface area contributed by atoms with Crippen LogP contribution in [0, 0.1) is 0 Å². The molecule has 1 aliphatic heterocycles. The van der Waals surface area contributed by atoms with Crippen LogP contribution in [0.25, 0.3) is 5.69 Å². The number of carbonyl (C=O) groups excluding carboxylic acids is 1. The van der Waals surface area contributed by atoms with Crippen molar-refractivity contribution >= 4 is 27.6 Å². The molecule has 2 N–H and O–H groups in total. The Morgan fingerprint density at radius 2 is 1.60 bits per heavy atom. The molecule has 11 nitrogen and oxygen atoms in total. The first-order chi connectivity index (χ1) is 16.7. The number of hydrogen-bond donors (Lipinski definition) is 2. The predicted molar refractivity (Wildman–Crippen MR) is 133 cm³/mol. The van der Waals surface area contributed by atoms with Gasteiger partial charge in [0.1, 0.15) is 0 Å². The average Bonchev–Trinajstić information content (AvgIpc) is 3.34. The number of anilines is 2. The highest BCUT2D eigenvalue weighted by molar-refractivity contribution is 7.89. The van der Waals surface area contributed by atoms with E-state index in [-0.39, 0.29) is 22.9 Å². The van der Waals surface area contributed by atoms with Crippen LogP contribution in [0.15, 0.2) is 59.5 Å². The molecule has 186 valence electrons. The van der Waals surface area contributed by atoms with Crippen LogP contribution in [0.4, 0.5) is 11.6 Å². The Morgan fingerprint density at radius 1 is 0.943 bits per heavy atom. The van der Waals surface area contributed by atoms with Crippen molar-refractivity contribution < 1.29 is 13.2 Å². The van der Waals surface area contributed by atoms with Crippen molar-refractivity contribution in [3.8, 4) is 5.69 Å². The summed E-state index contributed by atoms with van der Waals surface area (Å²) in [5, 5.41) is 15.0. The van der Waals surface area contributed by atoms with Crippen molar-refractivity contribution in [2.24, 2.45) is 0 Å². The lowest BCUT2D eigenvalue weighted by molar-refractivity contribution is -0.120. The van der Waals surface area contributed by atoms with Crippen molar-refractivity contribution in [1.82, 2.24) is 29.8 Å². The summed E-state index contributed by atoms with van der Waals surface area (Å²) >= 11 is 0. The van der Waals surface area contributed by atoms with Gasteiger partial charge < -0.3 is 10.2 Å². The number of sulfonamides is 1. The summed E-state index contributed by atoms with van der Waals surface area (Å²) in [7, 11) is -3.57. The molecule has 0 aliphatic carbocycles. The van der Waals surface area contributed by atoms with Crippen LogP contribution in [0.3, 0.4) is 0 Å². The van der Waals surface area contributed by atoms with Gasteiger partial charge >= 0.3 is 0 Å². The molecule has 1 aromatic heterocycles. The molecule has 0 radical (unpaired) electrons. The van der Waals surface area contributed by atoms with E-state index < -0.39 is 10.0 Å². The van der Waals surface area contributed by atoms with E-state index in [1.54, 1.807) is 30.7 Å². The maximum absolute atomic E-state index is 12.9. The molecular formula is C23H30N8O3S. The Morgan fingerprint density at radius 3 is 2.23 bits per heavy atom. The summed E-state index contributed by atoms with van der Waals surface area (Å²) < 4.78 is 28.8. The first kappa shape index (κ1) is 24.8. The normalized spacial score (nSPS) is 15.8. The van der Waals surface area contributed by atoms with Gasteiger partial charge in [0, 0.05) is 37.9 Å². The average molecular weight is 499 g/mol. The minimum absolute atomic E-state index is 0.150. The third-order valence-corrected chi connectivity index (χ3v) is 7.48. The van der Waals surface area contributed by atoms with Gasteiger partial charge in [-0.1, -0.05) is 23.3 Å². The fraction of sp³-hybridized carbons (Fsp3) is 0.391. The van der Waals surface area contributed by atoms with E-state index in [9.17, 15) is 13.2 Å². The van der Waals surface area contributed by atoms with Crippen LogP contribution in [0.2, 0.25) is 0 Å². The monoisotopic (exact) mass is 498 g/mol. The predicted octanol–water partition coefficient (Wildman–Crippen LogP) is 1.50. The zero-order chi connectivity index (χ0) is 25.0. The van der Waals surface area contributed by atoms with Crippen molar-refractivity contribution in [3.63, 3.8) is 0 Å². The molecule has 1 atom stereocenters. The van der Waals surface area contributed by atoms with E-state index in [1.165, 1.54) is 12.1 Å². The van der Waals surface area contributed by atoms with Gasteiger partial charge in [0.25, 0.3) is 0 Å². The second-order valence-electron chi connectivity index (χ2n) is 8.71. The summed E-state index contributed by atoms with van der Waals surface area (Å²) in [5.74, 6) is 0.526. The van der Waals surface area contributed by atoms with Crippen LogP contribution < -0.4 is 14.9 Å². The van der Waals surface area contributed by atoms with Crippen LogP contribution >= 0.6 is 0 Å². The van der Waals surface area contributed by atoms with Crippen LogP contribution in [-0.2, 0) is 14.8 Å². The number of aromatic nitrogens is 4. The molecule has 2 heterocycles. The second-order valence-corrected chi connectivity index (χ2v) is 10.4. The topological polar surface area (TPSA) is 125 Å². The molecule has 12 heteroatoms. The van der Waals surface area contributed by atoms with Gasteiger partial charge in [-0.05, 0) is 67.6 Å². The van der Waals surface area contributed by atoms with Crippen molar-refractivity contribution in [2.75, 3.05) is 36.4 Å². The largest absolute Gasteiger partial charge is 0.337 e. The number of amides is 1. The summed E-state index contributed by atoms with van der Waals surface area (Å²) in [6.07, 6.45) is 0. The highest BCUT2D eigenvalue weighted by Crippen LogP contribution is 2.19. The number of rotatable bonds is 8. The second kappa shape index (κ2) is 10.5. The van der Waals surface area contributed by atoms with Crippen LogP contribution in [-0.4, -0.2) is 77.7 Å². The Balaban J connectivity index is 1.33. The molecule has 3 aromatic rings.